The Labute approximate surface area is 206 Å². The van der Waals surface area contributed by atoms with Gasteiger partial charge in [-0.2, -0.15) is 0 Å². The van der Waals surface area contributed by atoms with Crippen LogP contribution < -0.4 is 10.1 Å². The van der Waals surface area contributed by atoms with Crippen LogP contribution in [0.15, 0.2) is 36.7 Å². The number of halogens is 1. The molecular weight excluding hydrogens is 441 g/mol. The number of hydrogen-bond acceptors (Lipinski definition) is 5. The SMILES string of the molecule is Cc1cc(OCCC(C)(C)O)cc(C)c1-c1ccc(F)c2c1CC[C@H]2Nc1cnc(C2CC2)cn1. The highest BCUT2D eigenvalue weighted by atomic mass is 19.1. The van der Waals surface area contributed by atoms with Crippen LogP contribution in [0.2, 0.25) is 0 Å². The minimum Gasteiger partial charge on any atom is -0.493 e. The number of anilines is 1. The van der Waals surface area contributed by atoms with Crippen LogP contribution >= 0.6 is 0 Å². The third-order valence-corrected chi connectivity index (χ3v) is 7.08. The molecule has 1 aromatic heterocycles. The Morgan fingerprint density at radius 3 is 2.46 bits per heavy atom. The molecule has 1 atom stereocenters. The molecule has 0 unspecified atom stereocenters. The van der Waals surface area contributed by atoms with Gasteiger partial charge in [-0.3, -0.25) is 4.98 Å². The number of fused-ring (bicyclic) bond motifs is 1. The topological polar surface area (TPSA) is 67.3 Å². The van der Waals surface area contributed by atoms with Crippen molar-refractivity contribution in [1.29, 1.82) is 0 Å². The molecule has 5 rings (SSSR count). The first-order valence-electron chi connectivity index (χ1n) is 12.6. The van der Waals surface area contributed by atoms with Gasteiger partial charge in [0.15, 0.2) is 0 Å². The van der Waals surface area contributed by atoms with Gasteiger partial charge in [-0.15, -0.1) is 0 Å². The molecule has 6 heteroatoms. The number of nitrogens with one attached hydrogen (secondary N) is 1. The number of aromatic nitrogens is 2. The maximum Gasteiger partial charge on any atom is 0.144 e. The molecule has 0 bridgehead atoms. The van der Waals surface area contributed by atoms with E-state index in [1.165, 1.54) is 12.8 Å². The van der Waals surface area contributed by atoms with Crippen molar-refractivity contribution in [2.45, 2.75) is 77.4 Å². The highest BCUT2D eigenvalue weighted by molar-refractivity contribution is 5.76. The highest BCUT2D eigenvalue weighted by Gasteiger charge is 2.30. The van der Waals surface area contributed by atoms with Gasteiger partial charge in [-0.05, 0) is 99.4 Å². The monoisotopic (exact) mass is 475 g/mol. The van der Waals surface area contributed by atoms with Gasteiger partial charge in [0, 0.05) is 17.9 Å². The second-order valence-corrected chi connectivity index (χ2v) is 10.7. The first-order chi connectivity index (χ1) is 16.7. The van der Waals surface area contributed by atoms with Crippen LogP contribution in [0.25, 0.3) is 11.1 Å². The Kier molecular flexibility index (Phi) is 6.26. The minimum atomic E-state index is -0.756. The molecule has 0 saturated heterocycles. The molecule has 1 fully saturated rings. The molecule has 5 nitrogen and oxygen atoms in total. The van der Waals surface area contributed by atoms with Gasteiger partial charge in [0.1, 0.15) is 17.4 Å². The number of hydrogen-bond donors (Lipinski definition) is 2. The molecule has 0 aliphatic heterocycles. The van der Waals surface area contributed by atoms with Crippen LogP contribution in [0, 0.1) is 19.7 Å². The first kappa shape index (κ1) is 23.7. The molecule has 0 amide bonds. The second-order valence-electron chi connectivity index (χ2n) is 10.7. The molecule has 0 radical (unpaired) electrons. The fraction of sp³-hybridized carbons (Fsp3) is 0.448. The summed E-state index contributed by atoms with van der Waals surface area (Å²) in [7, 11) is 0. The molecule has 2 aromatic carbocycles. The molecule has 2 aliphatic rings. The van der Waals surface area contributed by atoms with Crippen molar-refractivity contribution in [3.63, 3.8) is 0 Å². The van der Waals surface area contributed by atoms with E-state index >= 15 is 4.39 Å². The van der Waals surface area contributed by atoms with E-state index in [0.717, 1.165) is 57.7 Å². The average molecular weight is 476 g/mol. The van der Waals surface area contributed by atoms with Crippen molar-refractivity contribution in [2.24, 2.45) is 0 Å². The van der Waals surface area contributed by atoms with Gasteiger partial charge >= 0.3 is 0 Å². The number of rotatable bonds is 8. The van der Waals surface area contributed by atoms with Crippen LogP contribution in [0.4, 0.5) is 10.2 Å². The molecule has 1 heterocycles. The van der Waals surface area contributed by atoms with Gasteiger partial charge in [-0.25, -0.2) is 9.37 Å². The number of aliphatic hydroxyl groups is 1. The quantitative estimate of drug-likeness (QED) is 0.394. The Hall–Kier alpha value is -2.99. The maximum atomic E-state index is 15.1. The van der Waals surface area contributed by atoms with Crippen molar-refractivity contribution in [3.8, 4) is 16.9 Å². The summed E-state index contributed by atoms with van der Waals surface area (Å²) in [6.07, 6.45) is 8.18. The van der Waals surface area contributed by atoms with Crippen molar-refractivity contribution in [2.75, 3.05) is 11.9 Å². The normalized spacial score (nSPS) is 17.4. The molecule has 1 saturated carbocycles. The lowest BCUT2D eigenvalue weighted by Gasteiger charge is -2.20. The van der Waals surface area contributed by atoms with E-state index in [4.69, 9.17) is 4.74 Å². The van der Waals surface area contributed by atoms with Crippen LogP contribution in [0.1, 0.15) is 79.4 Å². The van der Waals surface area contributed by atoms with E-state index in [0.29, 0.717) is 24.8 Å². The lowest BCUT2D eigenvalue weighted by Crippen LogP contribution is -2.21. The Morgan fingerprint density at radius 2 is 1.83 bits per heavy atom. The van der Waals surface area contributed by atoms with Gasteiger partial charge < -0.3 is 15.2 Å². The zero-order valence-electron chi connectivity index (χ0n) is 21.0. The largest absolute Gasteiger partial charge is 0.493 e. The van der Waals surface area contributed by atoms with Crippen LogP contribution in [0.3, 0.4) is 0 Å². The summed E-state index contributed by atoms with van der Waals surface area (Å²) < 4.78 is 21.0. The summed E-state index contributed by atoms with van der Waals surface area (Å²) in [4.78, 5) is 9.09. The van der Waals surface area contributed by atoms with E-state index in [9.17, 15) is 5.11 Å². The molecule has 3 aromatic rings. The van der Waals surface area contributed by atoms with Gasteiger partial charge in [0.05, 0.1) is 36.3 Å². The Morgan fingerprint density at radius 1 is 1.09 bits per heavy atom. The summed E-state index contributed by atoms with van der Waals surface area (Å²) in [6, 6.07) is 7.43. The number of benzene rings is 2. The molecule has 0 spiro atoms. The Bertz CT molecular complexity index is 1210. The van der Waals surface area contributed by atoms with E-state index in [2.05, 4.69) is 29.1 Å². The van der Waals surface area contributed by atoms with Crippen LogP contribution in [-0.2, 0) is 6.42 Å². The summed E-state index contributed by atoms with van der Waals surface area (Å²) in [5, 5.41) is 13.4. The van der Waals surface area contributed by atoms with Crippen molar-refractivity contribution in [1.82, 2.24) is 9.97 Å². The fourth-order valence-electron chi connectivity index (χ4n) is 5.13. The third-order valence-electron chi connectivity index (χ3n) is 7.08. The number of aryl methyl sites for hydroxylation is 2. The van der Waals surface area contributed by atoms with Crippen molar-refractivity contribution in [3.05, 3.63) is 70.4 Å². The molecule has 184 valence electrons. The van der Waals surface area contributed by atoms with Crippen molar-refractivity contribution >= 4 is 5.82 Å². The third kappa shape index (κ3) is 5.18. The predicted molar refractivity (Wildman–Crippen MR) is 136 cm³/mol. The lowest BCUT2D eigenvalue weighted by atomic mass is 9.90. The maximum absolute atomic E-state index is 15.1. The van der Waals surface area contributed by atoms with E-state index in [-0.39, 0.29) is 11.9 Å². The minimum absolute atomic E-state index is 0.129. The molecule has 2 N–H and O–H groups in total. The van der Waals surface area contributed by atoms with E-state index in [1.54, 1.807) is 26.1 Å². The predicted octanol–water partition coefficient (Wildman–Crippen LogP) is 6.42. The lowest BCUT2D eigenvalue weighted by molar-refractivity contribution is 0.0553. The summed E-state index contributed by atoms with van der Waals surface area (Å²) >= 11 is 0. The molecule has 35 heavy (non-hydrogen) atoms. The number of nitrogens with zero attached hydrogens (tertiary/aromatic N) is 2. The molecular formula is C29H34FN3O2. The van der Waals surface area contributed by atoms with E-state index in [1.807, 2.05) is 24.4 Å². The van der Waals surface area contributed by atoms with Crippen molar-refractivity contribution < 1.29 is 14.2 Å². The summed E-state index contributed by atoms with van der Waals surface area (Å²) in [6.45, 7) is 8.16. The average Bonchev–Trinajstić information content (AvgIpc) is 3.55. The van der Waals surface area contributed by atoms with Gasteiger partial charge in [0.25, 0.3) is 0 Å². The van der Waals surface area contributed by atoms with Crippen LogP contribution in [-0.4, -0.2) is 27.3 Å². The second kappa shape index (κ2) is 9.23. The highest BCUT2D eigenvalue weighted by Crippen LogP contribution is 2.43. The van der Waals surface area contributed by atoms with Crippen LogP contribution in [0.5, 0.6) is 5.75 Å². The summed E-state index contributed by atoms with van der Waals surface area (Å²) in [5.74, 6) is 1.87. The van der Waals surface area contributed by atoms with E-state index < -0.39 is 5.60 Å². The Balaban J connectivity index is 1.39. The zero-order valence-corrected chi connectivity index (χ0v) is 21.0. The van der Waals surface area contributed by atoms with Gasteiger partial charge in [-0.1, -0.05) is 6.07 Å². The fourth-order valence-corrected chi connectivity index (χ4v) is 5.13. The first-order valence-corrected chi connectivity index (χ1v) is 12.6. The van der Waals surface area contributed by atoms with Gasteiger partial charge in [0.2, 0.25) is 0 Å². The smallest absolute Gasteiger partial charge is 0.144 e. The zero-order chi connectivity index (χ0) is 24.7. The standard InChI is InChI=1S/C29H34FN3O2/c1-17-13-20(35-12-11-29(3,4)34)14-18(2)27(17)21-7-9-23(30)28-22(21)8-10-24(28)33-26-16-31-25(15-32-26)19-5-6-19/h7,9,13-16,19,24,34H,5-6,8,10-12H2,1-4H3,(H,32,33)/t24-/m1/s1. The number of ether oxygens (including phenoxy) is 1. The molecule has 2 aliphatic carbocycles. The summed E-state index contributed by atoms with van der Waals surface area (Å²) in [5.41, 5.74) is 6.49.